The van der Waals surface area contributed by atoms with Gasteiger partial charge in [-0.15, -0.1) is 12.4 Å². The SMILES string of the molecule is COc1ccc(F)c(C2(N)CC2)c1.Cl. The second kappa shape index (κ2) is 3.75. The number of hydrogen-bond acceptors (Lipinski definition) is 2. The third-order valence-electron chi connectivity index (χ3n) is 2.50. The van der Waals surface area contributed by atoms with Crippen LogP contribution in [0.15, 0.2) is 18.2 Å². The predicted octanol–water partition coefficient (Wildman–Crippen LogP) is 2.20. The van der Waals surface area contributed by atoms with Gasteiger partial charge in [0.25, 0.3) is 0 Å². The molecule has 1 aliphatic carbocycles. The Kier molecular flexibility index (Phi) is 3.02. The fourth-order valence-corrected chi connectivity index (χ4v) is 1.42. The van der Waals surface area contributed by atoms with Crippen LogP contribution in [0.5, 0.6) is 5.75 Å². The van der Waals surface area contributed by atoms with Gasteiger partial charge in [-0.25, -0.2) is 4.39 Å². The summed E-state index contributed by atoms with van der Waals surface area (Å²) < 4.78 is 18.3. The van der Waals surface area contributed by atoms with Crippen molar-refractivity contribution < 1.29 is 9.13 Å². The van der Waals surface area contributed by atoms with E-state index in [0.717, 1.165) is 12.8 Å². The second-order valence-corrected chi connectivity index (χ2v) is 3.50. The van der Waals surface area contributed by atoms with Crippen LogP contribution in [0.1, 0.15) is 18.4 Å². The van der Waals surface area contributed by atoms with Crippen molar-refractivity contribution in [2.24, 2.45) is 5.73 Å². The Labute approximate surface area is 88.7 Å². The van der Waals surface area contributed by atoms with Crippen molar-refractivity contribution in [1.82, 2.24) is 0 Å². The average Bonchev–Trinajstić information content (AvgIpc) is 2.86. The van der Waals surface area contributed by atoms with Gasteiger partial charge in [0.15, 0.2) is 0 Å². The molecule has 0 atom stereocenters. The van der Waals surface area contributed by atoms with E-state index in [2.05, 4.69) is 0 Å². The van der Waals surface area contributed by atoms with Crippen molar-refractivity contribution in [2.45, 2.75) is 18.4 Å². The van der Waals surface area contributed by atoms with E-state index >= 15 is 0 Å². The first-order valence-corrected chi connectivity index (χ1v) is 4.29. The molecule has 0 spiro atoms. The van der Waals surface area contributed by atoms with Crippen molar-refractivity contribution in [1.29, 1.82) is 0 Å². The van der Waals surface area contributed by atoms with Gasteiger partial charge in [-0.2, -0.15) is 0 Å². The van der Waals surface area contributed by atoms with E-state index in [1.807, 2.05) is 0 Å². The molecule has 2 rings (SSSR count). The van der Waals surface area contributed by atoms with Crippen LogP contribution in [0.3, 0.4) is 0 Å². The van der Waals surface area contributed by atoms with Crippen LogP contribution in [0, 0.1) is 5.82 Å². The molecule has 78 valence electrons. The van der Waals surface area contributed by atoms with E-state index in [4.69, 9.17) is 10.5 Å². The van der Waals surface area contributed by atoms with Gasteiger partial charge in [0.05, 0.1) is 7.11 Å². The fourth-order valence-electron chi connectivity index (χ4n) is 1.42. The van der Waals surface area contributed by atoms with Crippen LogP contribution in [0.2, 0.25) is 0 Å². The van der Waals surface area contributed by atoms with E-state index in [-0.39, 0.29) is 18.2 Å². The number of methoxy groups -OCH3 is 1. The summed E-state index contributed by atoms with van der Waals surface area (Å²) in [5, 5.41) is 0. The topological polar surface area (TPSA) is 35.2 Å². The quantitative estimate of drug-likeness (QED) is 0.825. The first kappa shape index (κ1) is 11.3. The van der Waals surface area contributed by atoms with Gasteiger partial charge in [0.2, 0.25) is 0 Å². The van der Waals surface area contributed by atoms with Crippen LogP contribution in [-0.2, 0) is 5.54 Å². The van der Waals surface area contributed by atoms with Crippen molar-refractivity contribution >= 4 is 12.4 Å². The van der Waals surface area contributed by atoms with E-state index in [1.54, 1.807) is 19.2 Å². The van der Waals surface area contributed by atoms with E-state index in [9.17, 15) is 4.39 Å². The molecule has 1 fully saturated rings. The summed E-state index contributed by atoms with van der Waals surface area (Å²) in [6, 6.07) is 4.69. The molecule has 0 aromatic heterocycles. The molecule has 0 radical (unpaired) electrons. The summed E-state index contributed by atoms with van der Waals surface area (Å²) in [5.74, 6) is 0.425. The highest BCUT2D eigenvalue weighted by Gasteiger charge is 2.42. The third-order valence-corrected chi connectivity index (χ3v) is 2.50. The summed E-state index contributed by atoms with van der Waals surface area (Å²) in [7, 11) is 1.56. The smallest absolute Gasteiger partial charge is 0.128 e. The Bertz CT molecular complexity index is 339. The molecule has 0 heterocycles. The van der Waals surface area contributed by atoms with Gasteiger partial charge < -0.3 is 10.5 Å². The molecule has 0 amide bonds. The van der Waals surface area contributed by atoms with E-state index < -0.39 is 5.54 Å². The Morgan fingerprint density at radius 3 is 2.57 bits per heavy atom. The maximum atomic E-state index is 13.3. The summed E-state index contributed by atoms with van der Waals surface area (Å²) in [6.45, 7) is 0. The maximum Gasteiger partial charge on any atom is 0.128 e. The molecule has 0 bridgehead atoms. The summed E-state index contributed by atoms with van der Waals surface area (Å²) in [4.78, 5) is 0. The average molecular weight is 218 g/mol. The van der Waals surface area contributed by atoms with Gasteiger partial charge in [0.1, 0.15) is 11.6 Å². The van der Waals surface area contributed by atoms with Crippen molar-refractivity contribution in [2.75, 3.05) is 7.11 Å². The zero-order chi connectivity index (χ0) is 9.47. The number of nitrogens with two attached hydrogens (primary N) is 1. The first-order chi connectivity index (χ1) is 6.15. The van der Waals surface area contributed by atoms with Crippen molar-refractivity contribution in [3.8, 4) is 5.75 Å². The summed E-state index contributed by atoms with van der Waals surface area (Å²) >= 11 is 0. The predicted molar refractivity (Wildman–Crippen MR) is 55.3 cm³/mol. The molecule has 1 aromatic carbocycles. The molecule has 1 aromatic rings. The highest BCUT2D eigenvalue weighted by atomic mass is 35.5. The largest absolute Gasteiger partial charge is 0.497 e. The van der Waals surface area contributed by atoms with Crippen molar-refractivity contribution in [3.05, 3.63) is 29.6 Å². The lowest BCUT2D eigenvalue weighted by Crippen LogP contribution is -2.20. The molecule has 2 nitrogen and oxygen atoms in total. The number of benzene rings is 1. The minimum Gasteiger partial charge on any atom is -0.497 e. The Balaban J connectivity index is 0.000000980. The highest BCUT2D eigenvalue weighted by Crippen LogP contribution is 2.44. The minimum absolute atomic E-state index is 0. The maximum absolute atomic E-state index is 13.3. The van der Waals surface area contributed by atoms with Gasteiger partial charge in [-0.05, 0) is 31.0 Å². The normalized spacial score (nSPS) is 17.1. The molecule has 1 aliphatic rings. The zero-order valence-corrected chi connectivity index (χ0v) is 8.73. The molecule has 0 unspecified atom stereocenters. The Morgan fingerprint density at radius 1 is 1.43 bits per heavy atom. The lowest BCUT2D eigenvalue weighted by molar-refractivity contribution is 0.411. The molecule has 1 saturated carbocycles. The molecule has 14 heavy (non-hydrogen) atoms. The summed E-state index contributed by atoms with van der Waals surface area (Å²) in [5.41, 5.74) is 6.04. The molecule has 2 N–H and O–H groups in total. The Hall–Kier alpha value is -0.800. The van der Waals surface area contributed by atoms with E-state index in [0.29, 0.717) is 11.3 Å². The number of rotatable bonds is 2. The number of ether oxygens (including phenoxy) is 1. The molecule has 0 aliphatic heterocycles. The molecular weight excluding hydrogens is 205 g/mol. The van der Waals surface area contributed by atoms with Crippen LogP contribution < -0.4 is 10.5 Å². The third kappa shape index (κ3) is 1.83. The lowest BCUT2D eigenvalue weighted by Gasteiger charge is -2.11. The Morgan fingerprint density at radius 2 is 2.07 bits per heavy atom. The van der Waals surface area contributed by atoms with Gasteiger partial charge >= 0.3 is 0 Å². The van der Waals surface area contributed by atoms with Gasteiger partial charge in [-0.3, -0.25) is 0 Å². The fraction of sp³-hybridized carbons (Fsp3) is 0.400. The molecular formula is C10H13ClFNO. The zero-order valence-electron chi connectivity index (χ0n) is 7.92. The molecule has 0 saturated heterocycles. The minimum atomic E-state index is -0.432. The number of hydrogen-bond donors (Lipinski definition) is 1. The van der Waals surface area contributed by atoms with Crippen LogP contribution in [0.4, 0.5) is 4.39 Å². The van der Waals surface area contributed by atoms with Crippen LogP contribution in [-0.4, -0.2) is 7.11 Å². The van der Waals surface area contributed by atoms with Crippen LogP contribution >= 0.6 is 12.4 Å². The number of halogens is 2. The highest BCUT2D eigenvalue weighted by molar-refractivity contribution is 5.85. The monoisotopic (exact) mass is 217 g/mol. The second-order valence-electron chi connectivity index (χ2n) is 3.50. The van der Waals surface area contributed by atoms with Crippen molar-refractivity contribution in [3.63, 3.8) is 0 Å². The van der Waals surface area contributed by atoms with Gasteiger partial charge in [-0.1, -0.05) is 0 Å². The van der Waals surface area contributed by atoms with E-state index in [1.165, 1.54) is 6.07 Å². The van der Waals surface area contributed by atoms with Gasteiger partial charge in [0, 0.05) is 11.1 Å². The first-order valence-electron chi connectivity index (χ1n) is 4.29. The molecule has 4 heteroatoms. The standard InChI is InChI=1S/C10H12FNO.ClH/c1-13-7-2-3-9(11)8(6-7)10(12)4-5-10;/h2-3,6H,4-5,12H2,1H3;1H. The lowest BCUT2D eigenvalue weighted by atomic mass is 10.1. The summed E-state index contributed by atoms with van der Waals surface area (Å²) in [6.07, 6.45) is 1.72. The van der Waals surface area contributed by atoms with Crippen LogP contribution in [0.25, 0.3) is 0 Å².